The number of piperidine rings is 1. The van der Waals surface area contributed by atoms with Gasteiger partial charge in [0.05, 0.1) is 12.2 Å². The van der Waals surface area contributed by atoms with Crippen LogP contribution in [0.1, 0.15) is 30.9 Å². The van der Waals surface area contributed by atoms with Gasteiger partial charge in [-0.1, -0.05) is 41.1 Å². The maximum Gasteiger partial charge on any atom is 0.261 e. The fourth-order valence-electron chi connectivity index (χ4n) is 4.61. The summed E-state index contributed by atoms with van der Waals surface area (Å²) in [6.45, 7) is 6.60. The zero-order valence-corrected chi connectivity index (χ0v) is 21.2. The topological polar surface area (TPSA) is 93.4 Å². The van der Waals surface area contributed by atoms with Crippen molar-refractivity contribution in [3.8, 4) is 28.6 Å². The number of hydrogen-bond acceptors (Lipinski definition) is 7. The Labute approximate surface area is 216 Å². The molecule has 2 aromatic carbocycles. The second kappa shape index (κ2) is 11.2. The molecule has 3 heterocycles. The van der Waals surface area contributed by atoms with Gasteiger partial charge in [0.15, 0.2) is 0 Å². The highest BCUT2D eigenvalue weighted by Crippen LogP contribution is 2.32. The third-order valence-electron chi connectivity index (χ3n) is 6.59. The molecule has 5 rings (SSSR count). The minimum absolute atomic E-state index is 0.0255. The van der Waals surface area contributed by atoms with Gasteiger partial charge < -0.3 is 19.5 Å². The number of benzene rings is 2. The number of anilines is 1. The molecule has 0 aliphatic carbocycles. The maximum absolute atomic E-state index is 12.8. The van der Waals surface area contributed by atoms with E-state index < -0.39 is 0 Å². The summed E-state index contributed by atoms with van der Waals surface area (Å²) in [7, 11) is 0. The van der Waals surface area contributed by atoms with Crippen molar-refractivity contribution in [2.45, 2.75) is 33.2 Å². The molecular weight excluding hydrogens is 466 g/mol. The number of ether oxygens (including phenoxy) is 1. The van der Waals surface area contributed by atoms with Crippen LogP contribution in [0.4, 0.5) is 5.82 Å². The zero-order valence-electron chi connectivity index (χ0n) is 21.2. The predicted molar refractivity (Wildman–Crippen MR) is 142 cm³/mol. The Morgan fingerprint density at radius 1 is 1.11 bits per heavy atom. The molecule has 1 aliphatic rings. The van der Waals surface area contributed by atoms with Crippen LogP contribution in [0, 0.1) is 12.8 Å². The highest BCUT2D eigenvalue weighted by molar-refractivity contribution is 5.79. The lowest BCUT2D eigenvalue weighted by Gasteiger charge is -2.32. The zero-order chi connectivity index (χ0) is 25.6. The molecule has 0 radical (unpaired) electrons. The molecule has 0 saturated carbocycles. The summed E-state index contributed by atoms with van der Waals surface area (Å²) in [6, 6.07) is 19.7. The van der Waals surface area contributed by atoms with E-state index in [2.05, 4.69) is 25.3 Å². The molecule has 0 spiro atoms. The lowest BCUT2D eigenvalue weighted by atomic mass is 9.95. The van der Waals surface area contributed by atoms with Crippen LogP contribution >= 0.6 is 0 Å². The summed E-state index contributed by atoms with van der Waals surface area (Å²) < 4.78 is 11.1. The lowest BCUT2D eigenvalue weighted by molar-refractivity contribution is -0.125. The van der Waals surface area contributed by atoms with Crippen molar-refractivity contribution >= 4 is 11.7 Å². The first kappa shape index (κ1) is 24.5. The fourth-order valence-corrected chi connectivity index (χ4v) is 4.61. The summed E-state index contributed by atoms with van der Waals surface area (Å²) >= 11 is 0. The number of carbonyl (C=O) groups excluding carboxylic acids is 1. The molecular formula is C29H31N5O3. The van der Waals surface area contributed by atoms with Gasteiger partial charge in [0.25, 0.3) is 5.89 Å². The molecule has 1 N–H and O–H groups in total. The summed E-state index contributed by atoms with van der Waals surface area (Å²) in [5.41, 5.74) is 3.90. The van der Waals surface area contributed by atoms with Gasteiger partial charge in [0.1, 0.15) is 11.6 Å². The van der Waals surface area contributed by atoms with Gasteiger partial charge in [-0.25, -0.2) is 4.98 Å². The Morgan fingerprint density at radius 3 is 2.68 bits per heavy atom. The van der Waals surface area contributed by atoms with Crippen LogP contribution in [0.5, 0.6) is 5.75 Å². The molecule has 1 amide bonds. The monoisotopic (exact) mass is 497 g/mol. The second-order valence-corrected chi connectivity index (χ2v) is 9.22. The van der Waals surface area contributed by atoms with Gasteiger partial charge in [0.2, 0.25) is 11.7 Å². The quantitative estimate of drug-likeness (QED) is 0.365. The van der Waals surface area contributed by atoms with Gasteiger partial charge >= 0.3 is 0 Å². The fraction of sp³-hybridized carbons (Fsp3) is 0.310. The minimum atomic E-state index is -0.0255. The number of nitrogens with zero attached hydrogens (tertiary/aromatic N) is 4. The highest BCUT2D eigenvalue weighted by Gasteiger charge is 2.27. The van der Waals surface area contributed by atoms with Crippen LogP contribution in [0.25, 0.3) is 22.8 Å². The van der Waals surface area contributed by atoms with Crippen LogP contribution < -0.4 is 15.0 Å². The van der Waals surface area contributed by atoms with Crippen LogP contribution in [-0.4, -0.2) is 40.7 Å². The summed E-state index contributed by atoms with van der Waals surface area (Å²) in [4.78, 5) is 24.3. The summed E-state index contributed by atoms with van der Waals surface area (Å²) in [6.07, 6.45) is 3.28. The van der Waals surface area contributed by atoms with Crippen molar-refractivity contribution in [1.29, 1.82) is 0 Å². The number of carbonyl (C=O) groups is 1. The molecule has 0 atom stereocenters. The molecule has 8 nitrogen and oxygen atoms in total. The van der Waals surface area contributed by atoms with E-state index in [1.54, 1.807) is 6.20 Å². The first-order valence-corrected chi connectivity index (χ1v) is 12.7. The Morgan fingerprint density at radius 2 is 1.92 bits per heavy atom. The van der Waals surface area contributed by atoms with Crippen LogP contribution in [0.3, 0.4) is 0 Å². The average Bonchev–Trinajstić information content (AvgIpc) is 3.43. The van der Waals surface area contributed by atoms with Gasteiger partial charge in [-0.2, -0.15) is 4.98 Å². The van der Waals surface area contributed by atoms with Crippen molar-refractivity contribution in [3.05, 3.63) is 78.0 Å². The Hall–Kier alpha value is -4.20. The van der Waals surface area contributed by atoms with Crippen LogP contribution in [0.2, 0.25) is 0 Å². The first-order valence-electron chi connectivity index (χ1n) is 12.7. The maximum atomic E-state index is 12.8. The first-order chi connectivity index (χ1) is 18.1. The van der Waals surface area contributed by atoms with E-state index in [1.165, 1.54) is 0 Å². The molecule has 190 valence electrons. The molecule has 0 unspecified atom stereocenters. The molecule has 2 aromatic heterocycles. The Kier molecular flexibility index (Phi) is 7.44. The summed E-state index contributed by atoms with van der Waals surface area (Å²) in [5, 5.41) is 7.28. The number of aromatic nitrogens is 3. The van der Waals surface area contributed by atoms with E-state index in [4.69, 9.17) is 9.26 Å². The van der Waals surface area contributed by atoms with Gasteiger partial charge in [0, 0.05) is 37.3 Å². The van der Waals surface area contributed by atoms with Crippen molar-refractivity contribution in [2.24, 2.45) is 5.92 Å². The van der Waals surface area contributed by atoms with Crippen molar-refractivity contribution in [1.82, 2.24) is 20.4 Å². The molecule has 1 aliphatic heterocycles. The van der Waals surface area contributed by atoms with E-state index in [1.807, 2.05) is 74.5 Å². The highest BCUT2D eigenvalue weighted by atomic mass is 16.5. The van der Waals surface area contributed by atoms with E-state index in [9.17, 15) is 4.79 Å². The van der Waals surface area contributed by atoms with Crippen molar-refractivity contribution < 1.29 is 14.1 Å². The number of amides is 1. The van der Waals surface area contributed by atoms with Crippen molar-refractivity contribution in [2.75, 3.05) is 24.6 Å². The van der Waals surface area contributed by atoms with E-state index in [0.717, 1.165) is 59.8 Å². The molecule has 37 heavy (non-hydrogen) atoms. The van der Waals surface area contributed by atoms with Gasteiger partial charge in [-0.15, -0.1) is 0 Å². The lowest BCUT2D eigenvalue weighted by Crippen LogP contribution is -2.40. The SMILES string of the molecule is CCOc1ccc(CNC(=O)C2CCN(c3ncccc3-c3nc(-c4cccc(C)c4)no3)CC2)cc1. The third-order valence-corrected chi connectivity index (χ3v) is 6.59. The number of hydrogen-bond donors (Lipinski definition) is 1. The molecule has 8 heteroatoms. The number of nitrogens with one attached hydrogen (secondary N) is 1. The predicted octanol–water partition coefficient (Wildman–Crippen LogP) is 5.04. The average molecular weight is 498 g/mol. The standard InChI is InChI=1S/C29H31N5O3/c1-3-36-24-11-9-21(10-12-24)19-31-28(35)22-13-16-34(17-14-22)27-25(8-5-15-30-27)29-32-26(33-37-29)23-7-4-6-20(2)18-23/h4-12,15,18,22H,3,13-14,16-17,19H2,1-2H3,(H,31,35). The van der Waals surface area contributed by atoms with E-state index >= 15 is 0 Å². The second-order valence-electron chi connectivity index (χ2n) is 9.22. The number of rotatable bonds is 8. The molecule has 1 saturated heterocycles. The normalized spacial score (nSPS) is 13.9. The molecule has 0 bridgehead atoms. The molecule has 1 fully saturated rings. The van der Waals surface area contributed by atoms with Crippen LogP contribution in [0.15, 0.2) is 71.4 Å². The van der Waals surface area contributed by atoms with E-state index in [-0.39, 0.29) is 11.8 Å². The van der Waals surface area contributed by atoms with Gasteiger partial charge in [-0.3, -0.25) is 4.79 Å². The Bertz CT molecular complexity index is 1340. The number of pyridine rings is 1. The minimum Gasteiger partial charge on any atom is -0.494 e. The van der Waals surface area contributed by atoms with Gasteiger partial charge in [-0.05, 0) is 62.6 Å². The van der Waals surface area contributed by atoms with E-state index in [0.29, 0.717) is 24.9 Å². The smallest absolute Gasteiger partial charge is 0.261 e. The van der Waals surface area contributed by atoms with Crippen molar-refractivity contribution in [3.63, 3.8) is 0 Å². The number of aryl methyl sites for hydroxylation is 1. The van der Waals surface area contributed by atoms with Crippen LogP contribution in [-0.2, 0) is 11.3 Å². The third kappa shape index (κ3) is 5.80. The summed E-state index contributed by atoms with van der Waals surface area (Å²) in [5.74, 6) is 2.70. The largest absolute Gasteiger partial charge is 0.494 e. The Balaban J connectivity index is 1.20. The molecule has 4 aromatic rings.